The summed E-state index contributed by atoms with van der Waals surface area (Å²) in [5.74, 6) is 0. The molecule has 0 saturated heterocycles. The predicted molar refractivity (Wildman–Crippen MR) is 54.8 cm³/mol. The minimum Gasteiger partial charge on any atom is -0.596 e. The molecule has 84 valence electrons. The maximum Gasteiger partial charge on any atom is 2.00 e. The molecule has 0 amide bonds. The van der Waals surface area contributed by atoms with Crippen LogP contribution in [0.3, 0.4) is 0 Å². The van der Waals surface area contributed by atoms with Gasteiger partial charge < -0.3 is 9.79 Å². The minimum atomic E-state index is -2.11. The Balaban J connectivity index is -0.000000180. The molecule has 0 radical (unpaired) electrons. The van der Waals surface area contributed by atoms with E-state index in [1.54, 1.807) is 0 Å². The summed E-state index contributed by atoms with van der Waals surface area (Å²) in [6.45, 7) is 3.94. The molecule has 7 heteroatoms. The molecule has 2 unspecified atom stereocenters. The van der Waals surface area contributed by atoms with Gasteiger partial charge in [0, 0.05) is 0 Å². The first-order valence-electron chi connectivity index (χ1n) is 4.78. The van der Waals surface area contributed by atoms with E-state index in [2.05, 4.69) is 0 Å². The Hall–Kier alpha value is 0.743. The molecule has 0 bridgehead atoms. The van der Waals surface area contributed by atoms with E-state index < -0.39 is 16.1 Å². The monoisotopic (exact) mass is 304 g/mol. The summed E-state index contributed by atoms with van der Waals surface area (Å²) in [5, 5.41) is 0. The molecule has 0 saturated carbocycles. The molecule has 0 rings (SSSR count). The van der Waals surface area contributed by atoms with E-state index in [0.29, 0.717) is 12.3 Å². The molecular weight excluding hydrogens is 287 g/mol. The average Bonchev–Trinajstić information content (AvgIpc) is 2.12. The molecule has 0 aliphatic rings. The molecule has 0 heterocycles. The second kappa shape index (κ2) is 17.1. The van der Waals surface area contributed by atoms with Gasteiger partial charge in [-0.15, -0.1) is 0 Å². The van der Waals surface area contributed by atoms with Crippen molar-refractivity contribution in [1.29, 1.82) is 0 Å². The van der Waals surface area contributed by atoms with Crippen molar-refractivity contribution >= 4 is 16.1 Å². The summed E-state index contributed by atoms with van der Waals surface area (Å²) < 4.78 is 19.6. The van der Waals surface area contributed by atoms with Crippen molar-refractivity contribution < 1.29 is 38.4 Å². The first-order valence-corrected chi connectivity index (χ1v) is 7.50. The molecule has 0 N–H and O–H groups in total. The van der Waals surface area contributed by atoms with Crippen molar-refractivity contribution in [3.05, 3.63) is 0 Å². The van der Waals surface area contributed by atoms with Gasteiger partial charge in [-0.1, -0.05) is 35.8 Å². The van der Waals surface area contributed by atoms with E-state index in [-0.39, 0.29) is 19.5 Å². The fraction of sp³-hybridized carbons (Fsp3) is 1.00. The Bertz CT molecular complexity index is 149. The largest absolute Gasteiger partial charge is 2.00 e. The van der Waals surface area contributed by atoms with Crippen molar-refractivity contribution in [2.75, 3.05) is 12.3 Å². The first-order chi connectivity index (χ1) is 6.54. The third kappa shape index (κ3) is 31.3. The number of hydrogen-bond acceptors (Lipinski definition) is 4. The topological polar surface area (TPSA) is 80.3 Å². The molecule has 4 nitrogen and oxygen atoms in total. The fourth-order valence-corrected chi connectivity index (χ4v) is 1.72. The van der Waals surface area contributed by atoms with E-state index in [4.69, 9.17) is 0 Å². The van der Waals surface area contributed by atoms with Gasteiger partial charge in [0.1, 0.15) is 12.3 Å². The van der Waals surface area contributed by atoms with Crippen LogP contribution in [0.1, 0.15) is 39.5 Å². The molecule has 0 aromatic heterocycles. The summed E-state index contributed by atoms with van der Waals surface area (Å²) in [4.78, 5) is 19.6. The normalized spacial score (nSPS) is 10.7. The van der Waals surface area contributed by atoms with Crippen LogP contribution in [0.5, 0.6) is 0 Å². The van der Waals surface area contributed by atoms with E-state index in [0.717, 1.165) is 25.7 Å². The summed E-state index contributed by atoms with van der Waals surface area (Å²) in [6, 6.07) is 0. The molecule has 0 aromatic carbocycles. The Morgan fingerprint density at radius 1 is 0.867 bits per heavy atom. The van der Waals surface area contributed by atoms with Crippen LogP contribution in [0, 0.1) is 0 Å². The van der Waals surface area contributed by atoms with Gasteiger partial charge in [0.05, 0.1) is 0 Å². The summed E-state index contributed by atoms with van der Waals surface area (Å²) in [5.41, 5.74) is 0. The van der Waals surface area contributed by atoms with Crippen molar-refractivity contribution in [3.8, 4) is 0 Å². The molecular formula is C8H18O4P2Zn+2. The molecule has 2 atom stereocenters. The van der Waals surface area contributed by atoms with Crippen molar-refractivity contribution in [1.82, 2.24) is 0 Å². The quantitative estimate of drug-likeness (QED) is 0.553. The van der Waals surface area contributed by atoms with Crippen LogP contribution >= 0.6 is 16.1 Å². The number of hydrogen-bond donors (Lipinski definition) is 0. The van der Waals surface area contributed by atoms with Crippen LogP contribution in [-0.4, -0.2) is 12.3 Å². The Morgan fingerprint density at radius 3 is 1.20 bits per heavy atom. The SMILES string of the molecule is CCCC[P+](=O)[O-].CCCC[P+](=O)[O-].[Zn+2]. The molecule has 15 heavy (non-hydrogen) atoms. The molecule has 0 aliphatic heterocycles. The first kappa shape index (κ1) is 21.1. The zero-order chi connectivity index (χ0) is 11.4. The second-order valence-corrected chi connectivity index (χ2v) is 5.05. The molecule has 0 fully saturated rings. The summed E-state index contributed by atoms with van der Waals surface area (Å²) in [6.07, 6.45) is 4.24. The zero-order valence-electron chi connectivity index (χ0n) is 9.48. The smallest absolute Gasteiger partial charge is 0.596 e. The van der Waals surface area contributed by atoms with Crippen LogP contribution in [0.4, 0.5) is 0 Å². The van der Waals surface area contributed by atoms with Gasteiger partial charge in [-0.25, -0.2) is 0 Å². The van der Waals surface area contributed by atoms with Crippen molar-refractivity contribution in [2.24, 2.45) is 0 Å². The van der Waals surface area contributed by atoms with Crippen LogP contribution in [0.15, 0.2) is 0 Å². The van der Waals surface area contributed by atoms with Gasteiger partial charge in [0.15, 0.2) is 0 Å². The van der Waals surface area contributed by atoms with Crippen molar-refractivity contribution in [3.63, 3.8) is 0 Å². The van der Waals surface area contributed by atoms with Gasteiger partial charge in [0.2, 0.25) is 0 Å². The third-order valence-electron chi connectivity index (χ3n) is 1.39. The van der Waals surface area contributed by atoms with E-state index in [1.165, 1.54) is 0 Å². The van der Waals surface area contributed by atoms with Gasteiger partial charge in [0.25, 0.3) is 0 Å². The predicted octanol–water partition coefficient (Wildman–Crippen LogP) is 1.78. The maximum absolute atomic E-state index is 9.80. The van der Waals surface area contributed by atoms with Crippen LogP contribution < -0.4 is 9.79 Å². The van der Waals surface area contributed by atoms with E-state index in [9.17, 15) is 18.9 Å². The summed E-state index contributed by atoms with van der Waals surface area (Å²) in [7, 11) is -4.21. The number of unbranched alkanes of at least 4 members (excludes halogenated alkanes) is 2. The average molecular weight is 306 g/mol. The van der Waals surface area contributed by atoms with Crippen molar-refractivity contribution in [2.45, 2.75) is 39.5 Å². The van der Waals surface area contributed by atoms with Crippen LogP contribution in [0.25, 0.3) is 0 Å². The van der Waals surface area contributed by atoms with Gasteiger partial charge in [-0.2, -0.15) is 0 Å². The van der Waals surface area contributed by atoms with E-state index >= 15 is 0 Å². The Kier molecular flexibility index (Phi) is 24.1. The standard InChI is InChI=1S/2C4H9O2P.Zn/c2*1-2-3-4-7(5)6;/h2*2-4H2,1H3;/q;;+2. The summed E-state index contributed by atoms with van der Waals surface area (Å²) >= 11 is 0. The minimum absolute atomic E-state index is 0. The van der Waals surface area contributed by atoms with Crippen LogP contribution in [-0.2, 0) is 28.6 Å². The third-order valence-corrected chi connectivity index (χ3v) is 2.75. The van der Waals surface area contributed by atoms with Gasteiger partial charge in [-0.05, 0) is 12.8 Å². The Morgan fingerprint density at radius 2 is 1.13 bits per heavy atom. The molecule has 0 aromatic rings. The Labute approximate surface area is 106 Å². The maximum atomic E-state index is 9.80. The van der Waals surface area contributed by atoms with Crippen LogP contribution in [0.2, 0.25) is 0 Å². The van der Waals surface area contributed by atoms with E-state index in [1.807, 2.05) is 13.8 Å². The molecule has 0 aliphatic carbocycles. The molecule has 0 spiro atoms. The number of rotatable bonds is 6. The fourth-order valence-electron chi connectivity index (χ4n) is 0.574. The van der Waals surface area contributed by atoms with Gasteiger partial charge in [-0.3, -0.25) is 0 Å². The second-order valence-electron chi connectivity index (χ2n) is 2.82. The zero-order valence-corrected chi connectivity index (χ0v) is 14.2. The van der Waals surface area contributed by atoms with Gasteiger partial charge >= 0.3 is 35.5 Å².